The standard InChI is InChI=1S/C10H14N2O4/c1-6-5-11-16-9(6)10(15)12(3)7(2)4-8(13)14/h5,7H,4H2,1-3H3,(H,13,14). The molecule has 0 saturated carbocycles. The summed E-state index contributed by atoms with van der Waals surface area (Å²) in [7, 11) is 1.54. The zero-order chi connectivity index (χ0) is 12.3. The lowest BCUT2D eigenvalue weighted by Gasteiger charge is -2.22. The molecule has 1 unspecified atom stereocenters. The van der Waals surface area contributed by atoms with Gasteiger partial charge in [0.1, 0.15) is 0 Å². The van der Waals surface area contributed by atoms with Gasteiger partial charge >= 0.3 is 5.97 Å². The highest BCUT2D eigenvalue weighted by Gasteiger charge is 2.23. The summed E-state index contributed by atoms with van der Waals surface area (Å²) in [4.78, 5) is 23.7. The third kappa shape index (κ3) is 2.59. The highest BCUT2D eigenvalue weighted by Crippen LogP contribution is 2.12. The molecule has 1 heterocycles. The quantitative estimate of drug-likeness (QED) is 0.825. The van der Waals surface area contributed by atoms with E-state index in [0.717, 1.165) is 0 Å². The van der Waals surface area contributed by atoms with Gasteiger partial charge in [-0.15, -0.1) is 0 Å². The van der Waals surface area contributed by atoms with Gasteiger partial charge in [0.25, 0.3) is 5.91 Å². The van der Waals surface area contributed by atoms with Crippen LogP contribution in [0, 0.1) is 6.92 Å². The number of amides is 1. The second kappa shape index (κ2) is 4.78. The van der Waals surface area contributed by atoms with Crippen LogP contribution in [0.4, 0.5) is 0 Å². The van der Waals surface area contributed by atoms with Gasteiger partial charge in [-0.2, -0.15) is 0 Å². The summed E-state index contributed by atoms with van der Waals surface area (Å²) in [6.45, 7) is 3.37. The van der Waals surface area contributed by atoms with Gasteiger partial charge in [0.2, 0.25) is 5.76 Å². The van der Waals surface area contributed by atoms with Crippen LogP contribution in [0.1, 0.15) is 29.5 Å². The van der Waals surface area contributed by atoms with E-state index < -0.39 is 12.0 Å². The summed E-state index contributed by atoms with van der Waals surface area (Å²) >= 11 is 0. The summed E-state index contributed by atoms with van der Waals surface area (Å²) in [5, 5.41) is 12.1. The number of rotatable bonds is 4. The minimum Gasteiger partial charge on any atom is -0.481 e. The molecule has 0 aliphatic rings. The minimum atomic E-state index is -0.943. The van der Waals surface area contributed by atoms with Crippen LogP contribution in [0.2, 0.25) is 0 Å². The van der Waals surface area contributed by atoms with Crippen molar-refractivity contribution in [3.05, 3.63) is 17.5 Å². The Hall–Kier alpha value is -1.85. The minimum absolute atomic E-state index is 0.102. The molecule has 0 aliphatic heterocycles. The zero-order valence-electron chi connectivity index (χ0n) is 9.43. The van der Waals surface area contributed by atoms with Crippen LogP contribution in [-0.4, -0.2) is 40.1 Å². The summed E-state index contributed by atoms with van der Waals surface area (Å²) in [5.74, 6) is -1.15. The van der Waals surface area contributed by atoms with Crippen molar-refractivity contribution >= 4 is 11.9 Å². The molecule has 6 nitrogen and oxygen atoms in total. The van der Waals surface area contributed by atoms with Gasteiger partial charge in [-0.25, -0.2) is 0 Å². The van der Waals surface area contributed by atoms with Crippen molar-refractivity contribution in [2.24, 2.45) is 0 Å². The number of aliphatic carboxylic acids is 1. The molecule has 0 radical (unpaired) electrons. The second-order valence-electron chi connectivity index (χ2n) is 3.70. The number of hydrogen-bond donors (Lipinski definition) is 1. The average molecular weight is 226 g/mol. The molecule has 0 fully saturated rings. The number of carboxylic acids is 1. The summed E-state index contributed by atoms with van der Waals surface area (Å²) in [6.07, 6.45) is 1.35. The molecule has 1 atom stereocenters. The van der Waals surface area contributed by atoms with E-state index in [9.17, 15) is 9.59 Å². The Bertz CT molecular complexity index is 399. The molecule has 1 N–H and O–H groups in total. The fourth-order valence-electron chi connectivity index (χ4n) is 1.25. The maximum absolute atomic E-state index is 11.8. The number of carboxylic acid groups (broad SMARTS) is 1. The molecule has 6 heteroatoms. The lowest BCUT2D eigenvalue weighted by molar-refractivity contribution is -0.137. The van der Waals surface area contributed by atoms with Crippen LogP contribution in [0.15, 0.2) is 10.7 Å². The van der Waals surface area contributed by atoms with Gasteiger partial charge in [-0.3, -0.25) is 9.59 Å². The predicted octanol–water partition coefficient (Wildman–Crippen LogP) is 0.918. The SMILES string of the molecule is Cc1cnoc1C(=O)N(C)C(C)CC(=O)O. The maximum atomic E-state index is 11.8. The molecule has 88 valence electrons. The van der Waals surface area contributed by atoms with Gasteiger partial charge in [0.05, 0.1) is 12.6 Å². The van der Waals surface area contributed by atoms with Crippen molar-refractivity contribution < 1.29 is 19.2 Å². The zero-order valence-corrected chi connectivity index (χ0v) is 9.43. The number of hydrogen-bond acceptors (Lipinski definition) is 4. The maximum Gasteiger partial charge on any atom is 0.305 e. The van der Waals surface area contributed by atoms with E-state index in [1.165, 1.54) is 18.1 Å². The summed E-state index contributed by atoms with van der Waals surface area (Å²) in [5.41, 5.74) is 0.638. The molecule has 0 saturated heterocycles. The molecule has 1 aromatic heterocycles. The number of carbonyl (C=O) groups is 2. The fraction of sp³-hybridized carbons (Fsp3) is 0.500. The first kappa shape index (κ1) is 12.2. The van der Waals surface area contributed by atoms with E-state index in [-0.39, 0.29) is 18.1 Å². The molecular formula is C10H14N2O4. The molecule has 16 heavy (non-hydrogen) atoms. The Balaban J connectivity index is 2.75. The number of aryl methyl sites for hydroxylation is 1. The topological polar surface area (TPSA) is 83.6 Å². The number of aromatic nitrogens is 1. The Morgan fingerprint density at radius 3 is 2.69 bits per heavy atom. The van der Waals surface area contributed by atoms with Gasteiger partial charge in [0, 0.05) is 18.7 Å². The van der Waals surface area contributed by atoms with Crippen molar-refractivity contribution in [2.45, 2.75) is 26.3 Å². The van der Waals surface area contributed by atoms with Crippen LogP contribution in [0.25, 0.3) is 0 Å². The van der Waals surface area contributed by atoms with Gasteiger partial charge in [0.15, 0.2) is 0 Å². The van der Waals surface area contributed by atoms with E-state index in [1.807, 2.05) is 0 Å². The number of nitrogens with zero attached hydrogens (tertiary/aromatic N) is 2. The van der Waals surface area contributed by atoms with Crippen molar-refractivity contribution in [3.63, 3.8) is 0 Å². The first-order chi connectivity index (χ1) is 7.43. The first-order valence-corrected chi connectivity index (χ1v) is 4.83. The molecule has 1 aromatic rings. The largest absolute Gasteiger partial charge is 0.481 e. The fourth-order valence-corrected chi connectivity index (χ4v) is 1.25. The van der Waals surface area contributed by atoms with Gasteiger partial charge < -0.3 is 14.5 Å². The second-order valence-corrected chi connectivity index (χ2v) is 3.70. The van der Waals surface area contributed by atoms with Gasteiger partial charge in [-0.05, 0) is 13.8 Å². The van der Waals surface area contributed by atoms with E-state index in [0.29, 0.717) is 5.56 Å². The molecule has 1 amide bonds. The van der Waals surface area contributed by atoms with E-state index >= 15 is 0 Å². The van der Waals surface area contributed by atoms with Crippen LogP contribution in [0.3, 0.4) is 0 Å². The Morgan fingerprint density at radius 2 is 2.25 bits per heavy atom. The normalized spacial score (nSPS) is 12.2. The van der Waals surface area contributed by atoms with Gasteiger partial charge in [-0.1, -0.05) is 5.16 Å². The van der Waals surface area contributed by atoms with Crippen molar-refractivity contribution in [3.8, 4) is 0 Å². The average Bonchev–Trinajstić information content (AvgIpc) is 2.61. The van der Waals surface area contributed by atoms with E-state index in [4.69, 9.17) is 9.63 Å². The highest BCUT2D eigenvalue weighted by molar-refractivity contribution is 5.92. The third-order valence-corrected chi connectivity index (χ3v) is 2.39. The monoisotopic (exact) mass is 226 g/mol. The summed E-state index contributed by atoms with van der Waals surface area (Å²) < 4.78 is 4.81. The lowest BCUT2D eigenvalue weighted by Crippen LogP contribution is -2.36. The predicted molar refractivity (Wildman–Crippen MR) is 55.0 cm³/mol. The van der Waals surface area contributed by atoms with Crippen LogP contribution in [0.5, 0.6) is 0 Å². The third-order valence-electron chi connectivity index (χ3n) is 2.39. The first-order valence-electron chi connectivity index (χ1n) is 4.83. The molecule has 0 aliphatic carbocycles. The van der Waals surface area contributed by atoms with Crippen LogP contribution in [-0.2, 0) is 4.79 Å². The molecule has 0 aromatic carbocycles. The van der Waals surface area contributed by atoms with Crippen molar-refractivity contribution in [2.75, 3.05) is 7.05 Å². The molecule has 0 spiro atoms. The highest BCUT2D eigenvalue weighted by atomic mass is 16.5. The molecule has 1 rings (SSSR count). The summed E-state index contributed by atoms with van der Waals surface area (Å²) in [6, 6.07) is -0.394. The lowest BCUT2D eigenvalue weighted by atomic mass is 10.2. The van der Waals surface area contributed by atoms with Crippen molar-refractivity contribution in [1.82, 2.24) is 10.1 Å². The Morgan fingerprint density at radius 1 is 1.62 bits per heavy atom. The van der Waals surface area contributed by atoms with Crippen LogP contribution >= 0.6 is 0 Å². The van der Waals surface area contributed by atoms with Crippen LogP contribution < -0.4 is 0 Å². The smallest absolute Gasteiger partial charge is 0.305 e. The van der Waals surface area contributed by atoms with E-state index in [2.05, 4.69) is 5.16 Å². The molecular weight excluding hydrogens is 212 g/mol. The molecule has 0 bridgehead atoms. The Kier molecular flexibility index (Phi) is 3.65. The number of carbonyl (C=O) groups excluding carboxylic acids is 1. The van der Waals surface area contributed by atoms with Crippen molar-refractivity contribution in [1.29, 1.82) is 0 Å². The Labute approximate surface area is 92.8 Å². The van der Waals surface area contributed by atoms with E-state index in [1.54, 1.807) is 13.8 Å².